The predicted octanol–water partition coefficient (Wildman–Crippen LogP) is -0.530. The van der Waals surface area contributed by atoms with Crippen LogP contribution in [0.1, 0.15) is 6.42 Å². The van der Waals surface area contributed by atoms with Crippen molar-refractivity contribution in [1.29, 1.82) is 0 Å². The Morgan fingerprint density at radius 3 is 2.29 bits per heavy atom. The monoisotopic (exact) mass is 298 g/mol. The number of hydrogen-bond donors (Lipinski definition) is 5. The van der Waals surface area contributed by atoms with Gasteiger partial charge in [0.05, 0.1) is 17.1 Å². The fraction of sp³-hybridized carbons (Fsp3) is 0.538. The molecule has 0 aliphatic heterocycles. The van der Waals surface area contributed by atoms with Crippen molar-refractivity contribution in [3.8, 4) is 0 Å². The van der Waals surface area contributed by atoms with Crippen LogP contribution in [0.3, 0.4) is 0 Å². The molecular weight excluding hydrogens is 280 g/mol. The zero-order valence-corrected chi connectivity index (χ0v) is 11.2. The van der Waals surface area contributed by atoms with Gasteiger partial charge in [-0.25, -0.2) is 0 Å². The van der Waals surface area contributed by atoms with E-state index >= 15 is 0 Å². The van der Waals surface area contributed by atoms with Crippen molar-refractivity contribution >= 4 is 11.4 Å². The Morgan fingerprint density at radius 1 is 1.14 bits per heavy atom. The van der Waals surface area contributed by atoms with E-state index in [1.807, 2.05) is 0 Å². The number of hydrogen-bond acceptors (Lipinski definition) is 7. The van der Waals surface area contributed by atoms with E-state index in [4.69, 9.17) is 0 Å². The van der Waals surface area contributed by atoms with Gasteiger partial charge in [-0.1, -0.05) is 0 Å². The highest BCUT2D eigenvalue weighted by Gasteiger charge is 2.42. The van der Waals surface area contributed by atoms with E-state index in [1.54, 1.807) is 0 Å². The predicted molar refractivity (Wildman–Crippen MR) is 73.7 cm³/mol. The molecular formula is C13H18N2O6. The fourth-order valence-corrected chi connectivity index (χ4v) is 2.54. The molecule has 8 nitrogen and oxygen atoms in total. The molecule has 5 atom stereocenters. The lowest BCUT2D eigenvalue weighted by Crippen LogP contribution is -2.56. The van der Waals surface area contributed by atoms with E-state index in [1.165, 1.54) is 24.3 Å². The van der Waals surface area contributed by atoms with Crippen LogP contribution in [0.2, 0.25) is 0 Å². The number of nitrogens with one attached hydrogen (secondary N) is 1. The normalized spacial score (nSPS) is 32.7. The molecule has 0 spiro atoms. The summed E-state index contributed by atoms with van der Waals surface area (Å²) < 4.78 is 0. The van der Waals surface area contributed by atoms with Crippen molar-refractivity contribution in [2.75, 3.05) is 11.9 Å². The van der Waals surface area contributed by atoms with Crippen molar-refractivity contribution < 1.29 is 25.3 Å². The standard InChI is InChI=1S/C13H18N2O6/c16-6-7-5-10(12(18)13(19)11(7)17)14-8-1-3-9(4-2-8)15(20)21/h1-4,7,10-14,16-19H,5-6H2/t7-,10+,11-,12+,13+/m1/s1. The van der Waals surface area contributed by atoms with Crippen LogP contribution in [-0.2, 0) is 0 Å². The van der Waals surface area contributed by atoms with E-state index in [2.05, 4.69) is 5.32 Å². The van der Waals surface area contributed by atoms with Gasteiger partial charge in [-0.05, 0) is 18.6 Å². The summed E-state index contributed by atoms with van der Waals surface area (Å²) in [5, 5.41) is 52.2. The molecule has 0 saturated heterocycles. The highest BCUT2D eigenvalue weighted by molar-refractivity contribution is 5.49. The van der Waals surface area contributed by atoms with E-state index in [-0.39, 0.29) is 18.7 Å². The zero-order chi connectivity index (χ0) is 15.6. The third-order valence-electron chi connectivity index (χ3n) is 3.82. The van der Waals surface area contributed by atoms with Gasteiger partial charge in [-0.2, -0.15) is 0 Å². The minimum absolute atomic E-state index is 0.0477. The van der Waals surface area contributed by atoms with Crippen molar-refractivity contribution in [1.82, 2.24) is 0 Å². The summed E-state index contributed by atoms with van der Waals surface area (Å²) in [6, 6.07) is 5.08. The number of anilines is 1. The van der Waals surface area contributed by atoms with Gasteiger partial charge in [0.25, 0.3) is 5.69 Å². The second kappa shape index (κ2) is 6.35. The average molecular weight is 298 g/mol. The van der Waals surface area contributed by atoms with Crippen LogP contribution in [0.5, 0.6) is 0 Å². The molecule has 1 aliphatic rings. The van der Waals surface area contributed by atoms with Gasteiger partial charge < -0.3 is 25.7 Å². The molecule has 1 saturated carbocycles. The Morgan fingerprint density at radius 2 is 1.76 bits per heavy atom. The summed E-state index contributed by atoms with van der Waals surface area (Å²) >= 11 is 0. The number of nitro benzene ring substituents is 1. The third kappa shape index (κ3) is 3.30. The van der Waals surface area contributed by atoms with Crippen LogP contribution in [0.25, 0.3) is 0 Å². The van der Waals surface area contributed by atoms with Crippen LogP contribution in [0.4, 0.5) is 11.4 Å². The number of non-ortho nitro benzene ring substituents is 1. The number of nitrogens with zero attached hydrogens (tertiary/aromatic N) is 1. The van der Waals surface area contributed by atoms with Gasteiger partial charge >= 0.3 is 0 Å². The Balaban J connectivity index is 2.08. The van der Waals surface area contributed by atoms with Gasteiger partial charge in [0.1, 0.15) is 12.2 Å². The highest BCUT2D eigenvalue weighted by atomic mass is 16.6. The SMILES string of the molecule is O=[N+]([O-])c1ccc(N[C@H]2C[C@H](CO)[C@@H](O)[C@H](O)[C@H]2O)cc1. The second-order valence-electron chi connectivity index (χ2n) is 5.20. The molecule has 0 radical (unpaired) electrons. The van der Waals surface area contributed by atoms with Gasteiger partial charge in [0, 0.05) is 30.3 Å². The summed E-state index contributed by atoms with van der Waals surface area (Å²) in [5.41, 5.74) is 0.498. The molecule has 1 fully saturated rings. The Hall–Kier alpha value is -1.74. The van der Waals surface area contributed by atoms with Crippen LogP contribution in [0, 0.1) is 16.0 Å². The number of benzene rings is 1. The smallest absolute Gasteiger partial charge is 0.269 e. The summed E-state index contributed by atoms with van der Waals surface area (Å²) in [4.78, 5) is 10.1. The zero-order valence-electron chi connectivity index (χ0n) is 11.2. The summed E-state index contributed by atoms with van der Waals surface area (Å²) in [6.45, 7) is -0.302. The van der Waals surface area contributed by atoms with E-state index in [9.17, 15) is 30.5 Å². The minimum atomic E-state index is -1.36. The van der Waals surface area contributed by atoms with E-state index in [0.29, 0.717) is 5.69 Å². The second-order valence-corrected chi connectivity index (χ2v) is 5.20. The molecule has 0 heterocycles. The van der Waals surface area contributed by atoms with Crippen molar-refractivity contribution in [2.45, 2.75) is 30.8 Å². The lowest BCUT2D eigenvalue weighted by atomic mass is 9.79. The van der Waals surface area contributed by atoms with E-state index in [0.717, 1.165) is 0 Å². The summed E-state index contributed by atoms with van der Waals surface area (Å²) in [5.74, 6) is -0.543. The number of aliphatic hydroxyl groups excluding tert-OH is 4. The molecule has 8 heteroatoms. The number of rotatable bonds is 4. The largest absolute Gasteiger partial charge is 0.396 e. The first-order valence-electron chi connectivity index (χ1n) is 6.60. The molecule has 116 valence electrons. The highest BCUT2D eigenvalue weighted by Crippen LogP contribution is 2.28. The van der Waals surface area contributed by atoms with Gasteiger partial charge in [0.2, 0.25) is 0 Å². The topological polar surface area (TPSA) is 136 Å². The van der Waals surface area contributed by atoms with Crippen LogP contribution in [-0.4, -0.2) is 56.3 Å². The Kier molecular flexibility index (Phi) is 4.73. The van der Waals surface area contributed by atoms with E-state index < -0.39 is 35.2 Å². The molecule has 21 heavy (non-hydrogen) atoms. The lowest BCUT2D eigenvalue weighted by Gasteiger charge is -2.40. The van der Waals surface area contributed by atoms with Crippen LogP contribution < -0.4 is 5.32 Å². The molecule has 2 rings (SSSR count). The number of aliphatic hydroxyl groups is 4. The first kappa shape index (κ1) is 15.6. The molecule has 0 aromatic heterocycles. The summed E-state index contributed by atoms with van der Waals surface area (Å²) in [6.07, 6.45) is -3.46. The maximum absolute atomic E-state index is 10.6. The lowest BCUT2D eigenvalue weighted by molar-refractivity contribution is -0.384. The van der Waals surface area contributed by atoms with Gasteiger partial charge in [-0.15, -0.1) is 0 Å². The molecule has 5 N–H and O–H groups in total. The maximum atomic E-state index is 10.6. The van der Waals surface area contributed by atoms with Crippen molar-refractivity contribution in [3.63, 3.8) is 0 Å². The average Bonchev–Trinajstić information content (AvgIpc) is 2.48. The van der Waals surface area contributed by atoms with Crippen molar-refractivity contribution in [3.05, 3.63) is 34.4 Å². The van der Waals surface area contributed by atoms with Crippen molar-refractivity contribution in [2.24, 2.45) is 5.92 Å². The molecule has 1 aromatic rings. The Bertz CT molecular complexity index is 492. The molecule has 0 amide bonds. The Labute approximate surface area is 120 Å². The molecule has 0 bridgehead atoms. The first-order valence-corrected chi connectivity index (χ1v) is 6.60. The maximum Gasteiger partial charge on any atom is 0.269 e. The minimum Gasteiger partial charge on any atom is -0.396 e. The summed E-state index contributed by atoms with van der Waals surface area (Å²) in [7, 11) is 0. The molecule has 1 aliphatic carbocycles. The van der Waals surface area contributed by atoms with Gasteiger partial charge in [-0.3, -0.25) is 10.1 Å². The molecule has 0 unspecified atom stereocenters. The number of nitro groups is 1. The first-order chi connectivity index (χ1) is 9.93. The third-order valence-corrected chi connectivity index (χ3v) is 3.82. The van der Waals surface area contributed by atoms with Crippen LogP contribution >= 0.6 is 0 Å². The quantitative estimate of drug-likeness (QED) is 0.372. The van der Waals surface area contributed by atoms with Crippen LogP contribution in [0.15, 0.2) is 24.3 Å². The molecule has 1 aromatic carbocycles. The fourth-order valence-electron chi connectivity index (χ4n) is 2.54. The van der Waals surface area contributed by atoms with Gasteiger partial charge in [0.15, 0.2) is 0 Å².